The van der Waals surface area contributed by atoms with E-state index >= 15 is 0 Å². The number of carbonyl (C=O) groups is 2. The smallest absolute Gasteiger partial charge is 0.408 e. The van der Waals surface area contributed by atoms with Crippen LogP contribution < -0.4 is 10.6 Å². The first-order valence-electron chi connectivity index (χ1n) is 14.1. The number of ether oxygens (including phenoxy) is 2. The van der Waals surface area contributed by atoms with Gasteiger partial charge in [0.25, 0.3) is 0 Å². The van der Waals surface area contributed by atoms with Crippen LogP contribution in [0.3, 0.4) is 0 Å². The molecule has 6 nitrogen and oxygen atoms in total. The normalized spacial score (nSPS) is 27.4. The molecule has 204 valence electrons. The molecule has 2 atom stereocenters. The van der Waals surface area contributed by atoms with Crippen molar-refractivity contribution in [1.82, 2.24) is 5.32 Å². The van der Waals surface area contributed by atoms with Gasteiger partial charge in [0.15, 0.2) is 0 Å². The lowest BCUT2D eigenvalue weighted by Gasteiger charge is -2.57. The maximum absolute atomic E-state index is 13.4. The zero-order valence-corrected chi connectivity index (χ0v) is 23.2. The summed E-state index contributed by atoms with van der Waals surface area (Å²) in [6.45, 7) is 7.51. The van der Waals surface area contributed by atoms with Gasteiger partial charge in [0.1, 0.15) is 11.6 Å². The van der Waals surface area contributed by atoms with E-state index in [1.807, 2.05) is 42.5 Å². The van der Waals surface area contributed by atoms with Crippen LogP contribution >= 0.6 is 0 Å². The van der Waals surface area contributed by atoms with Crippen molar-refractivity contribution in [3.63, 3.8) is 0 Å². The predicted molar refractivity (Wildman–Crippen MR) is 149 cm³/mol. The number of benzene rings is 2. The molecule has 38 heavy (non-hydrogen) atoms. The van der Waals surface area contributed by atoms with Crippen LogP contribution in [0.1, 0.15) is 77.3 Å². The molecule has 0 aromatic heterocycles. The monoisotopic (exact) mass is 518 g/mol. The Kier molecular flexibility index (Phi) is 7.54. The number of alkyl carbamates (subject to hydrolysis) is 1. The molecule has 0 heterocycles. The largest absolute Gasteiger partial charge is 0.444 e. The van der Waals surface area contributed by atoms with Crippen LogP contribution in [0.2, 0.25) is 0 Å². The Morgan fingerprint density at radius 3 is 2.05 bits per heavy atom. The molecule has 0 spiro atoms. The van der Waals surface area contributed by atoms with E-state index in [2.05, 4.69) is 22.8 Å². The number of hydrogen-bond donors (Lipinski definition) is 2. The van der Waals surface area contributed by atoms with Gasteiger partial charge < -0.3 is 20.1 Å². The van der Waals surface area contributed by atoms with Crippen molar-refractivity contribution in [2.45, 2.75) is 96.0 Å². The molecule has 0 radical (unpaired) electrons. The Bertz CT molecular complexity index is 1090. The molecule has 4 aliphatic rings. The van der Waals surface area contributed by atoms with Crippen molar-refractivity contribution in [1.29, 1.82) is 0 Å². The van der Waals surface area contributed by atoms with Crippen molar-refractivity contribution in [2.75, 3.05) is 5.32 Å². The van der Waals surface area contributed by atoms with Crippen molar-refractivity contribution in [3.05, 3.63) is 65.7 Å². The number of nitrogens with one attached hydrogen (secondary N) is 2. The van der Waals surface area contributed by atoms with E-state index in [4.69, 9.17) is 9.47 Å². The van der Waals surface area contributed by atoms with Gasteiger partial charge in [-0.1, -0.05) is 42.5 Å². The van der Waals surface area contributed by atoms with Crippen molar-refractivity contribution in [2.24, 2.45) is 17.8 Å². The van der Waals surface area contributed by atoms with Crippen LogP contribution in [0.15, 0.2) is 54.6 Å². The highest BCUT2D eigenvalue weighted by Crippen LogP contribution is 2.60. The van der Waals surface area contributed by atoms with Crippen molar-refractivity contribution >= 4 is 17.7 Å². The van der Waals surface area contributed by atoms with E-state index in [1.54, 1.807) is 27.7 Å². The Morgan fingerprint density at radius 1 is 0.921 bits per heavy atom. The van der Waals surface area contributed by atoms with Crippen LogP contribution in [-0.2, 0) is 26.3 Å². The molecule has 6 heteroatoms. The first-order chi connectivity index (χ1) is 18.1. The molecule has 2 aromatic rings. The zero-order chi connectivity index (χ0) is 26.9. The number of rotatable bonds is 8. The first-order valence-corrected chi connectivity index (χ1v) is 14.1. The van der Waals surface area contributed by atoms with Crippen LogP contribution in [0.25, 0.3) is 0 Å². The van der Waals surface area contributed by atoms with Crippen LogP contribution in [-0.4, -0.2) is 29.7 Å². The molecular weight excluding hydrogens is 476 g/mol. The van der Waals surface area contributed by atoms with Crippen molar-refractivity contribution in [3.8, 4) is 0 Å². The van der Waals surface area contributed by atoms with Gasteiger partial charge >= 0.3 is 6.09 Å². The summed E-state index contributed by atoms with van der Waals surface area (Å²) in [5, 5.41) is 5.73. The lowest BCUT2D eigenvalue weighted by Crippen LogP contribution is -2.52. The van der Waals surface area contributed by atoms with E-state index in [0.717, 1.165) is 29.0 Å². The zero-order valence-electron chi connectivity index (χ0n) is 23.2. The summed E-state index contributed by atoms with van der Waals surface area (Å²) < 4.78 is 11.4. The molecule has 4 bridgehead atoms. The summed E-state index contributed by atoms with van der Waals surface area (Å²) in [5.74, 6) is 2.33. The third-order valence-electron chi connectivity index (χ3n) is 8.58. The molecule has 2 amide bonds. The maximum Gasteiger partial charge on any atom is 0.408 e. The summed E-state index contributed by atoms with van der Waals surface area (Å²) in [5.41, 5.74) is 2.77. The Balaban J connectivity index is 1.26. The minimum absolute atomic E-state index is 0.317. The third-order valence-corrected chi connectivity index (χ3v) is 8.58. The Hall–Kier alpha value is -2.86. The van der Waals surface area contributed by atoms with E-state index in [9.17, 15) is 9.59 Å². The molecule has 4 aliphatic carbocycles. The lowest BCUT2D eigenvalue weighted by atomic mass is 9.48. The fourth-order valence-corrected chi connectivity index (χ4v) is 7.32. The molecule has 2 N–H and O–H groups in total. The highest BCUT2D eigenvalue weighted by atomic mass is 16.6. The maximum atomic E-state index is 13.4. The van der Waals surface area contributed by atoms with Gasteiger partial charge in [-0.05, 0) is 113 Å². The average molecular weight is 519 g/mol. The average Bonchev–Trinajstić information content (AvgIpc) is 2.85. The summed E-state index contributed by atoms with van der Waals surface area (Å²) in [6.07, 6.45) is 6.96. The second-order valence-corrected chi connectivity index (χ2v) is 12.9. The van der Waals surface area contributed by atoms with Crippen molar-refractivity contribution < 1.29 is 19.1 Å². The summed E-state index contributed by atoms with van der Waals surface area (Å²) >= 11 is 0. The predicted octanol–water partition coefficient (Wildman–Crippen LogP) is 6.59. The summed E-state index contributed by atoms with van der Waals surface area (Å²) in [7, 11) is 0. The second kappa shape index (κ2) is 10.7. The Morgan fingerprint density at radius 2 is 1.50 bits per heavy atom. The van der Waals surface area contributed by atoms with Gasteiger partial charge in [-0.25, -0.2) is 4.79 Å². The number of hydrogen-bond acceptors (Lipinski definition) is 4. The first kappa shape index (κ1) is 26.7. The molecule has 0 aliphatic heterocycles. The lowest BCUT2D eigenvalue weighted by molar-refractivity contribution is -0.122. The van der Waals surface area contributed by atoms with E-state index in [-0.39, 0.29) is 5.91 Å². The third kappa shape index (κ3) is 6.23. The summed E-state index contributed by atoms with van der Waals surface area (Å²) in [4.78, 5) is 26.0. The van der Waals surface area contributed by atoms with Crippen LogP contribution in [0.5, 0.6) is 0 Å². The molecule has 0 saturated heterocycles. The highest BCUT2D eigenvalue weighted by molar-refractivity contribution is 5.97. The molecule has 4 fully saturated rings. The van der Waals surface area contributed by atoms with Gasteiger partial charge in [0.05, 0.1) is 12.7 Å². The SMILES string of the molecule is C[C@H](OCc1ccccc1)[C@H](NC(=O)OC(C)(C)C)C(=O)Nc1ccc(C23CC4CC(CC(C4)C2)C3)cc1. The van der Waals surface area contributed by atoms with E-state index in [1.165, 1.54) is 44.1 Å². The molecular formula is C32H42N2O4. The van der Waals surface area contributed by atoms with Gasteiger partial charge in [-0.15, -0.1) is 0 Å². The van der Waals surface area contributed by atoms with Crippen LogP contribution in [0, 0.1) is 17.8 Å². The summed E-state index contributed by atoms with van der Waals surface area (Å²) in [6, 6.07) is 17.3. The molecule has 0 unspecified atom stereocenters. The number of anilines is 1. The fraction of sp³-hybridized carbons (Fsp3) is 0.562. The minimum atomic E-state index is -0.920. The van der Waals surface area contributed by atoms with Gasteiger partial charge in [0.2, 0.25) is 5.91 Å². The minimum Gasteiger partial charge on any atom is -0.444 e. The number of amides is 2. The highest BCUT2D eigenvalue weighted by Gasteiger charge is 2.51. The topological polar surface area (TPSA) is 76.7 Å². The van der Waals surface area contributed by atoms with Crippen LogP contribution in [0.4, 0.5) is 10.5 Å². The second-order valence-electron chi connectivity index (χ2n) is 12.9. The van der Waals surface area contributed by atoms with E-state index < -0.39 is 23.8 Å². The Labute approximate surface area is 226 Å². The van der Waals surface area contributed by atoms with Gasteiger partial charge in [0, 0.05) is 5.69 Å². The quantitative estimate of drug-likeness (QED) is 0.413. The van der Waals surface area contributed by atoms with Gasteiger partial charge in [-0.2, -0.15) is 0 Å². The van der Waals surface area contributed by atoms with Gasteiger partial charge in [-0.3, -0.25) is 4.79 Å². The fourth-order valence-electron chi connectivity index (χ4n) is 7.32. The molecule has 6 rings (SSSR count). The number of carbonyl (C=O) groups excluding carboxylic acids is 2. The molecule has 4 saturated carbocycles. The van der Waals surface area contributed by atoms with E-state index in [0.29, 0.717) is 12.0 Å². The standard InChI is InChI=1S/C32H42N2O4/c1-21(37-20-22-8-6-5-7-9-22)28(34-30(36)38-31(2,3)4)29(35)33-27-12-10-26(11-13-27)32-17-23-14-24(18-32)16-25(15-23)19-32/h5-13,21,23-25,28H,14-20H2,1-4H3,(H,33,35)(H,34,36)/t21-,23?,24?,25?,28-,32?/m0/s1. The molecule has 2 aromatic carbocycles.